The van der Waals surface area contributed by atoms with E-state index in [1.165, 1.54) is 116 Å². The van der Waals surface area contributed by atoms with Crippen LogP contribution in [-0.2, 0) is 4.74 Å². The molecule has 5 nitrogen and oxygen atoms in total. The van der Waals surface area contributed by atoms with Crippen molar-refractivity contribution < 1.29 is 4.74 Å². The highest BCUT2D eigenvalue weighted by Crippen LogP contribution is 2.52. The van der Waals surface area contributed by atoms with E-state index >= 15 is 0 Å². The Kier molecular flexibility index (Phi) is 11.0. The fourth-order valence-electron chi connectivity index (χ4n) is 13.1. The lowest BCUT2D eigenvalue weighted by Crippen LogP contribution is -2.53. The molecule has 0 radical (unpaired) electrons. The molecule has 0 spiro atoms. The molecule has 2 heterocycles. The van der Waals surface area contributed by atoms with Crippen LogP contribution < -0.4 is 5.32 Å². The molecule has 0 aromatic rings. The number of rotatable bonds is 9. The number of nitrogens with one attached hydrogen (secondary N) is 1. The average Bonchev–Trinajstić information content (AvgIpc) is 3.95. The van der Waals surface area contributed by atoms with Crippen LogP contribution in [0.25, 0.3) is 0 Å². The normalized spacial score (nSPS) is 45.1. The van der Waals surface area contributed by atoms with Gasteiger partial charge in [-0.15, -0.1) is 0 Å². The van der Waals surface area contributed by atoms with E-state index in [0.717, 1.165) is 67.2 Å². The van der Waals surface area contributed by atoms with Crippen LogP contribution in [0, 0.1) is 81.8 Å². The lowest BCUT2D eigenvalue weighted by molar-refractivity contribution is -0.0536. The summed E-state index contributed by atoms with van der Waals surface area (Å²) in [4.78, 5) is 3.05. The second-order valence-electron chi connectivity index (χ2n) is 18.9. The first-order valence-electron chi connectivity index (χ1n) is 21.9. The second kappa shape index (κ2) is 15.7. The summed E-state index contributed by atoms with van der Waals surface area (Å²) in [6.07, 6.45) is 33.4. The van der Waals surface area contributed by atoms with Crippen LogP contribution in [0.1, 0.15) is 149 Å². The van der Waals surface area contributed by atoms with Gasteiger partial charge in [-0.3, -0.25) is 0 Å². The van der Waals surface area contributed by atoms with Gasteiger partial charge in [0, 0.05) is 24.3 Å². The first-order valence-corrected chi connectivity index (χ1v) is 21.9. The molecule has 6 aliphatic carbocycles. The van der Waals surface area contributed by atoms with Crippen LogP contribution in [0.4, 0.5) is 0 Å². The predicted octanol–water partition coefficient (Wildman–Crippen LogP) is 10.1. The summed E-state index contributed by atoms with van der Waals surface area (Å²) in [5.41, 5.74) is 3.44. The highest BCUT2D eigenvalue weighted by atomic mass is 16.5. The van der Waals surface area contributed by atoms with Crippen molar-refractivity contribution in [3.8, 4) is 12.1 Å². The monoisotopic (exact) mass is 681 g/mol. The topological polar surface area (TPSA) is 82.0 Å². The SMILES string of the molecule is CCC(C)CC1=CC(C2CCC(N(C3=CCC(C4CCC(C#N)C(C#N)C4)CC3)C3CCCC4C5CCCCC5OC43)CC2)CC(C2CN2)C1. The molecule has 8 aliphatic rings. The van der Waals surface area contributed by atoms with Crippen LogP contribution in [-0.4, -0.2) is 41.8 Å². The Hall–Kier alpha value is -1.82. The van der Waals surface area contributed by atoms with E-state index in [0.29, 0.717) is 36.1 Å². The Labute approximate surface area is 305 Å². The standard InChI is InChI=1S/C45H68N4O/c1-3-29(2)21-30-22-35(25-36(23-30)42-28-48-42)32-15-19-39(20-16-32)49(43-9-6-8-41-40-7-4-5-10-44(40)50-45(41)43)38-17-13-31(14-18-38)33-11-12-34(26-46)37(24-33)27-47/h17,22,29,31-37,39-45,48H,3-16,18-21,23-25,28H2,1-2H3. The summed E-state index contributed by atoms with van der Waals surface area (Å²) < 4.78 is 7.18. The van der Waals surface area contributed by atoms with Crippen molar-refractivity contribution in [3.63, 3.8) is 0 Å². The summed E-state index contributed by atoms with van der Waals surface area (Å²) in [7, 11) is 0. The lowest BCUT2D eigenvalue weighted by atomic mass is 9.67. The van der Waals surface area contributed by atoms with Crippen molar-refractivity contribution in [2.45, 2.75) is 179 Å². The molecule has 0 bridgehead atoms. The molecule has 2 aliphatic heterocycles. The van der Waals surface area contributed by atoms with Crippen LogP contribution in [0.3, 0.4) is 0 Å². The van der Waals surface area contributed by atoms with E-state index in [9.17, 15) is 10.5 Å². The molecule has 5 heteroatoms. The van der Waals surface area contributed by atoms with Gasteiger partial charge in [-0.2, -0.15) is 10.5 Å². The summed E-state index contributed by atoms with van der Waals surface area (Å²) >= 11 is 0. The van der Waals surface area contributed by atoms with Gasteiger partial charge in [-0.05, 0) is 156 Å². The van der Waals surface area contributed by atoms with E-state index in [1.807, 2.05) is 0 Å². The Morgan fingerprint density at radius 1 is 0.840 bits per heavy atom. The Balaban J connectivity index is 0.992. The van der Waals surface area contributed by atoms with Crippen molar-refractivity contribution in [1.29, 1.82) is 10.5 Å². The first-order chi connectivity index (χ1) is 24.5. The maximum absolute atomic E-state index is 9.83. The Morgan fingerprint density at radius 2 is 1.62 bits per heavy atom. The van der Waals surface area contributed by atoms with Crippen molar-refractivity contribution in [1.82, 2.24) is 10.2 Å². The predicted molar refractivity (Wildman–Crippen MR) is 200 cm³/mol. The highest BCUT2D eigenvalue weighted by molar-refractivity contribution is 5.17. The number of fused-ring (bicyclic) bond motifs is 3. The molecule has 6 fully saturated rings. The zero-order valence-electron chi connectivity index (χ0n) is 31.6. The molecular formula is C45H68N4O. The van der Waals surface area contributed by atoms with E-state index in [2.05, 4.69) is 48.4 Å². The van der Waals surface area contributed by atoms with Gasteiger partial charge in [-0.25, -0.2) is 0 Å². The quantitative estimate of drug-likeness (QED) is 0.194. The number of hydrogen-bond donors (Lipinski definition) is 1. The third kappa shape index (κ3) is 7.36. The zero-order chi connectivity index (χ0) is 34.2. The minimum atomic E-state index is -0.0704. The molecule has 0 amide bonds. The number of allylic oxidation sites excluding steroid dienone is 4. The number of hydrogen-bond acceptors (Lipinski definition) is 5. The molecule has 13 atom stereocenters. The van der Waals surface area contributed by atoms with Gasteiger partial charge in [0.15, 0.2) is 0 Å². The van der Waals surface area contributed by atoms with Gasteiger partial charge in [0.05, 0.1) is 42.2 Å². The lowest BCUT2D eigenvalue weighted by Gasteiger charge is -2.50. The molecular weight excluding hydrogens is 613 g/mol. The van der Waals surface area contributed by atoms with Crippen molar-refractivity contribution in [3.05, 3.63) is 23.4 Å². The molecule has 4 saturated carbocycles. The van der Waals surface area contributed by atoms with Crippen LogP contribution in [0.2, 0.25) is 0 Å². The number of ether oxygens (including phenoxy) is 1. The Morgan fingerprint density at radius 3 is 2.36 bits per heavy atom. The third-order valence-corrected chi connectivity index (χ3v) is 16.1. The fourth-order valence-corrected chi connectivity index (χ4v) is 13.1. The van der Waals surface area contributed by atoms with Gasteiger partial charge in [0.2, 0.25) is 0 Å². The fraction of sp³-hybridized carbons (Fsp3) is 0.867. The Bertz CT molecular complexity index is 1310. The summed E-state index contributed by atoms with van der Waals surface area (Å²) in [5, 5.41) is 23.1. The molecule has 1 N–H and O–H groups in total. The maximum Gasteiger partial charge on any atom is 0.0813 e. The molecule has 0 aromatic heterocycles. The largest absolute Gasteiger partial charge is 0.372 e. The van der Waals surface area contributed by atoms with E-state index in [-0.39, 0.29) is 11.8 Å². The molecule has 2 saturated heterocycles. The van der Waals surface area contributed by atoms with Crippen molar-refractivity contribution in [2.24, 2.45) is 59.2 Å². The van der Waals surface area contributed by atoms with Crippen LogP contribution in [0.5, 0.6) is 0 Å². The van der Waals surface area contributed by atoms with Gasteiger partial charge < -0.3 is 15.0 Å². The van der Waals surface area contributed by atoms with Crippen molar-refractivity contribution >= 4 is 0 Å². The van der Waals surface area contributed by atoms with Gasteiger partial charge in [-0.1, -0.05) is 57.3 Å². The average molecular weight is 681 g/mol. The maximum atomic E-state index is 9.83. The second-order valence-corrected chi connectivity index (χ2v) is 18.9. The highest BCUT2D eigenvalue weighted by Gasteiger charge is 2.52. The van der Waals surface area contributed by atoms with Crippen molar-refractivity contribution in [2.75, 3.05) is 6.54 Å². The summed E-state index contributed by atoms with van der Waals surface area (Å²) in [6.45, 7) is 6.07. The smallest absolute Gasteiger partial charge is 0.0813 e. The molecule has 274 valence electrons. The summed E-state index contributed by atoms with van der Waals surface area (Å²) in [6, 6.07) is 6.96. The number of nitriles is 2. The van der Waals surface area contributed by atoms with Gasteiger partial charge >= 0.3 is 0 Å². The first kappa shape index (κ1) is 35.2. The van der Waals surface area contributed by atoms with E-state index in [4.69, 9.17) is 4.74 Å². The van der Waals surface area contributed by atoms with Gasteiger partial charge in [0.25, 0.3) is 0 Å². The zero-order valence-corrected chi connectivity index (χ0v) is 31.6. The number of nitrogens with zero attached hydrogens (tertiary/aromatic N) is 3. The molecule has 8 rings (SSSR count). The molecule has 13 unspecified atom stereocenters. The van der Waals surface area contributed by atoms with E-state index < -0.39 is 0 Å². The van der Waals surface area contributed by atoms with Crippen LogP contribution in [0.15, 0.2) is 23.4 Å². The van der Waals surface area contributed by atoms with Gasteiger partial charge in [0.1, 0.15) is 0 Å². The molecule has 50 heavy (non-hydrogen) atoms. The van der Waals surface area contributed by atoms with E-state index in [1.54, 1.807) is 11.3 Å². The molecule has 0 aromatic carbocycles. The summed E-state index contributed by atoms with van der Waals surface area (Å²) in [5.74, 6) is 6.05. The minimum absolute atomic E-state index is 0.0576. The van der Waals surface area contributed by atoms with Crippen LogP contribution >= 0.6 is 0 Å². The third-order valence-electron chi connectivity index (χ3n) is 16.1. The minimum Gasteiger partial charge on any atom is -0.372 e.